The summed E-state index contributed by atoms with van der Waals surface area (Å²) in [4.78, 5) is 46.3. The molecule has 0 spiro atoms. The Bertz CT molecular complexity index is 1580. The van der Waals surface area contributed by atoms with Crippen molar-refractivity contribution in [3.63, 3.8) is 0 Å². The van der Waals surface area contributed by atoms with Gasteiger partial charge in [0.2, 0.25) is 0 Å². The van der Waals surface area contributed by atoms with Gasteiger partial charge in [-0.15, -0.1) is 0 Å². The number of nitrogens with one attached hydrogen (secondary N) is 3. The third kappa shape index (κ3) is 8.16. The largest absolute Gasteiger partial charge is 0.467 e. The first kappa shape index (κ1) is 32.5. The zero-order valence-corrected chi connectivity index (χ0v) is 25.5. The first-order valence-corrected chi connectivity index (χ1v) is 14.4. The Kier molecular flexibility index (Phi) is 11.0. The average Bonchev–Trinajstić information content (AvgIpc) is 3.65. The molecule has 0 radical (unpaired) electrons. The van der Waals surface area contributed by atoms with Crippen LogP contribution in [-0.4, -0.2) is 82.9 Å². The summed E-state index contributed by atoms with van der Waals surface area (Å²) in [6.45, 7) is 9.02. The number of aromatic amines is 1. The summed E-state index contributed by atoms with van der Waals surface area (Å²) < 4.78 is 10.1. The summed E-state index contributed by atoms with van der Waals surface area (Å²) in [5, 5.41) is 21.2. The normalized spacial score (nSPS) is 16.2. The van der Waals surface area contributed by atoms with E-state index in [0.29, 0.717) is 37.9 Å². The van der Waals surface area contributed by atoms with Gasteiger partial charge in [-0.3, -0.25) is 14.7 Å². The lowest BCUT2D eigenvalue weighted by Gasteiger charge is -2.19. The number of carbonyl (C=O) groups is 3. The zero-order chi connectivity index (χ0) is 31.8. The van der Waals surface area contributed by atoms with Gasteiger partial charge in [-0.05, 0) is 42.2 Å². The topological polar surface area (TPSA) is 163 Å². The van der Waals surface area contributed by atoms with Crippen molar-refractivity contribution in [2.75, 3.05) is 26.7 Å². The number of aliphatic hydroxyl groups excluding tert-OH is 1. The van der Waals surface area contributed by atoms with E-state index in [9.17, 15) is 19.5 Å². The monoisotopic (exact) mass is 643 g/mol. The summed E-state index contributed by atoms with van der Waals surface area (Å²) >= 11 is 12.9. The third-order valence-corrected chi connectivity index (χ3v) is 7.63. The molecule has 0 bridgehead atoms. The second-order valence-corrected chi connectivity index (χ2v) is 10.9. The van der Waals surface area contributed by atoms with Gasteiger partial charge in [-0.2, -0.15) is 16.6 Å². The van der Waals surface area contributed by atoms with Gasteiger partial charge in [0.25, 0.3) is 11.9 Å². The lowest BCUT2D eigenvalue weighted by atomic mass is 9.99. The molecular formula is C29H31Cl2N7O6. The molecule has 3 aromatic rings. The Hall–Kier alpha value is -4.38. The highest BCUT2D eigenvalue weighted by Crippen LogP contribution is 2.29. The van der Waals surface area contributed by atoms with E-state index >= 15 is 0 Å². The molecule has 2 aromatic carbocycles. The van der Waals surface area contributed by atoms with Crippen molar-refractivity contribution in [2.45, 2.75) is 44.4 Å². The number of benzene rings is 2. The van der Waals surface area contributed by atoms with Crippen molar-refractivity contribution in [3.8, 4) is 0 Å². The lowest BCUT2D eigenvalue weighted by molar-refractivity contribution is -0.145. The Morgan fingerprint density at radius 3 is 2.70 bits per heavy atom. The number of carbonyl (C=O) groups excluding carboxylic acids is 3. The van der Waals surface area contributed by atoms with E-state index in [2.05, 4.69) is 30.9 Å². The second-order valence-electron chi connectivity index (χ2n) is 10.1. The number of fused-ring (bicyclic) bond motifs is 1. The molecule has 1 aliphatic rings. The standard InChI is InChI=1S/C29H31Cl2N7O6/c1-16(39)44-20-8-9-38(15-20)29(37-32-2)33-14-24(28(42)43-3)35-27(41)26-21(30)10-17(11-22(26)31)4-7-25(40)18-5-6-19-13-34-36-23(19)12-18/h5-6,10-13,20,24-25,40H,4,7-9,14-15H2,1,3H3,(H,33,37)(H,34,36)(H,35,41)/t20-,24-,25?/m0/s1. The minimum absolute atomic E-state index is 0.0384. The number of hydrogen-bond acceptors (Lipinski definition) is 8. The minimum atomic E-state index is -1.23. The number of aliphatic imine (C=N–C) groups is 1. The Labute approximate surface area is 263 Å². The fourth-order valence-corrected chi connectivity index (χ4v) is 5.56. The highest BCUT2D eigenvalue weighted by molar-refractivity contribution is 6.39. The highest BCUT2D eigenvalue weighted by Gasteiger charge is 2.30. The van der Waals surface area contributed by atoms with Gasteiger partial charge in [0, 0.05) is 25.3 Å². The van der Waals surface area contributed by atoms with Crippen LogP contribution >= 0.6 is 23.2 Å². The molecule has 3 atom stereocenters. The van der Waals surface area contributed by atoms with Crippen molar-refractivity contribution >= 4 is 57.9 Å². The number of nitrogens with zero attached hydrogens (tertiary/aromatic N) is 4. The van der Waals surface area contributed by atoms with Gasteiger partial charge in [0.05, 0.1) is 53.6 Å². The zero-order valence-electron chi connectivity index (χ0n) is 24.0. The molecule has 13 nitrogen and oxygen atoms in total. The molecule has 1 amide bonds. The number of aryl methyl sites for hydroxylation is 1. The van der Waals surface area contributed by atoms with Crippen molar-refractivity contribution in [2.24, 2.45) is 4.99 Å². The van der Waals surface area contributed by atoms with Crippen LogP contribution in [0.15, 0.2) is 41.5 Å². The Morgan fingerprint density at radius 2 is 2.02 bits per heavy atom. The highest BCUT2D eigenvalue weighted by atomic mass is 35.5. The number of amides is 1. The first-order chi connectivity index (χ1) is 21.1. The van der Waals surface area contributed by atoms with Gasteiger partial charge in [-0.1, -0.05) is 40.8 Å². The molecule has 4 N–H and O–H groups in total. The first-order valence-electron chi connectivity index (χ1n) is 13.7. The fourth-order valence-electron chi connectivity index (χ4n) is 4.86. The van der Waals surface area contributed by atoms with Crippen LogP contribution in [0.2, 0.25) is 10.0 Å². The van der Waals surface area contributed by atoms with E-state index in [-0.39, 0.29) is 34.2 Å². The maximum Gasteiger partial charge on any atom is 0.330 e. The van der Waals surface area contributed by atoms with Gasteiger partial charge in [0.15, 0.2) is 0 Å². The number of likely N-dealkylation sites (tertiary alicyclic amines) is 1. The predicted octanol–water partition coefficient (Wildman–Crippen LogP) is 3.22. The number of H-pyrrole nitrogens is 1. The van der Waals surface area contributed by atoms with Crippen molar-refractivity contribution in [1.29, 1.82) is 0 Å². The fraction of sp³-hybridized carbons (Fsp3) is 0.379. The van der Waals surface area contributed by atoms with E-state index in [1.165, 1.54) is 14.0 Å². The summed E-state index contributed by atoms with van der Waals surface area (Å²) in [6.07, 6.45) is 1.94. The summed E-state index contributed by atoms with van der Waals surface area (Å²) in [6, 6.07) is 7.50. The molecule has 1 aromatic heterocycles. The molecule has 1 aliphatic heterocycles. The number of aromatic nitrogens is 2. The van der Waals surface area contributed by atoms with Crippen LogP contribution in [-0.2, 0) is 25.5 Å². The van der Waals surface area contributed by atoms with Crippen LogP contribution < -0.4 is 10.7 Å². The van der Waals surface area contributed by atoms with Crippen LogP contribution in [0.1, 0.15) is 47.4 Å². The van der Waals surface area contributed by atoms with Gasteiger partial charge < -0.3 is 24.8 Å². The quantitative estimate of drug-likeness (QED) is 0.0854. The number of guanidine groups is 1. The smallest absolute Gasteiger partial charge is 0.330 e. The van der Waals surface area contributed by atoms with Crippen LogP contribution in [0.25, 0.3) is 15.9 Å². The molecule has 2 heterocycles. The van der Waals surface area contributed by atoms with Crippen molar-refractivity contribution in [3.05, 3.63) is 74.8 Å². The minimum Gasteiger partial charge on any atom is -0.467 e. The average molecular weight is 645 g/mol. The molecular weight excluding hydrogens is 613 g/mol. The van der Waals surface area contributed by atoms with E-state index < -0.39 is 30.0 Å². The van der Waals surface area contributed by atoms with Crippen molar-refractivity contribution in [1.82, 2.24) is 25.8 Å². The Balaban J connectivity index is 1.42. The predicted molar refractivity (Wildman–Crippen MR) is 163 cm³/mol. The van der Waals surface area contributed by atoms with Crippen LogP contribution in [0, 0.1) is 6.57 Å². The molecule has 44 heavy (non-hydrogen) atoms. The van der Waals surface area contributed by atoms with E-state index in [1.807, 2.05) is 18.2 Å². The molecule has 4 rings (SSSR count). The maximum absolute atomic E-state index is 13.2. The summed E-state index contributed by atoms with van der Waals surface area (Å²) in [5.41, 5.74) is 4.68. The third-order valence-electron chi connectivity index (χ3n) is 7.03. The molecule has 1 saturated heterocycles. The van der Waals surface area contributed by atoms with E-state index in [0.717, 1.165) is 16.5 Å². The molecule has 1 fully saturated rings. The maximum atomic E-state index is 13.2. The van der Waals surface area contributed by atoms with Crippen molar-refractivity contribution < 1.29 is 29.0 Å². The van der Waals surface area contributed by atoms with E-state index in [4.69, 9.17) is 39.2 Å². The van der Waals surface area contributed by atoms with Gasteiger partial charge in [0.1, 0.15) is 12.1 Å². The molecule has 15 heteroatoms. The number of halogens is 2. The molecule has 1 unspecified atom stereocenters. The number of esters is 2. The number of hydrogen-bond donors (Lipinski definition) is 4. The van der Waals surface area contributed by atoms with Gasteiger partial charge in [-0.25, -0.2) is 9.79 Å². The lowest BCUT2D eigenvalue weighted by Crippen LogP contribution is -2.45. The van der Waals surface area contributed by atoms with Crippen LogP contribution in [0.3, 0.4) is 0 Å². The number of rotatable bonds is 10. The number of ether oxygens (including phenoxy) is 2. The van der Waals surface area contributed by atoms with Crippen LogP contribution in [0.5, 0.6) is 0 Å². The summed E-state index contributed by atoms with van der Waals surface area (Å²) in [7, 11) is 1.17. The molecule has 232 valence electrons. The second kappa shape index (κ2) is 14.9. The number of methoxy groups -OCH3 is 1. The molecule has 0 saturated carbocycles. The molecule has 0 aliphatic carbocycles. The van der Waals surface area contributed by atoms with E-state index in [1.54, 1.807) is 23.2 Å². The number of aliphatic hydroxyl groups is 1. The SMILES string of the molecule is [C-]#[N+]NC(=NC[C@H](NC(=O)c1c(Cl)cc(CCC(O)c2ccc3cn[nH]c3c2)cc1Cl)C(=O)OC)N1CC[C@H](OC(C)=O)C1. The van der Waals surface area contributed by atoms with Gasteiger partial charge >= 0.3 is 11.9 Å². The Morgan fingerprint density at radius 1 is 1.27 bits per heavy atom. The summed E-state index contributed by atoms with van der Waals surface area (Å²) in [5.74, 6) is -1.74. The van der Waals surface area contributed by atoms with Crippen LogP contribution in [0.4, 0.5) is 0 Å².